The summed E-state index contributed by atoms with van der Waals surface area (Å²) in [6.45, 7) is 0. The molecular formula is C20H14Cl2N2OS. The third-order valence-electron chi connectivity index (χ3n) is 3.97. The summed E-state index contributed by atoms with van der Waals surface area (Å²) in [6.07, 6.45) is 0. The molecule has 0 aliphatic heterocycles. The zero-order chi connectivity index (χ0) is 18.1. The number of halogens is 2. The predicted octanol–water partition coefficient (Wildman–Crippen LogP) is 6.33. The number of benzene rings is 3. The van der Waals surface area contributed by atoms with Crippen molar-refractivity contribution in [2.75, 3.05) is 0 Å². The maximum Gasteiger partial charge on any atom is 0.174 e. The van der Waals surface area contributed by atoms with Crippen LogP contribution in [0.25, 0.3) is 16.7 Å². The topological polar surface area (TPSA) is 38.0 Å². The van der Waals surface area contributed by atoms with Crippen molar-refractivity contribution in [3.63, 3.8) is 0 Å². The van der Waals surface area contributed by atoms with Crippen LogP contribution in [0.3, 0.4) is 0 Å². The fourth-order valence-corrected chi connectivity index (χ4v) is 3.98. The molecule has 3 aromatic carbocycles. The van der Waals surface area contributed by atoms with Gasteiger partial charge < -0.3 is 5.11 Å². The van der Waals surface area contributed by atoms with Crippen LogP contribution in [0.5, 0.6) is 5.75 Å². The van der Waals surface area contributed by atoms with Gasteiger partial charge in [0, 0.05) is 21.5 Å². The number of phenolic OH excluding ortho intramolecular Hbond substituents is 1. The van der Waals surface area contributed by atoms with E-state index in [9.17, 15) is 5.11 Å². The summed E-state index contributed by atoms with van der Waals surface area (Å²) in [4.78, 5) is 4.76. The quantitative estimate of drug-likeness (QED) is 0.406. The molecule has 0 aliphatic carbocycles. The maximum atomic E-state index is 9.59. The van der Waals surface area contributed by atoms with Gasteiger partial charge in [-0.25, -0.2) is 4.98 Å². The van der Waals surface area contributed by atoms with Crippen LogP contribution < -0.4 is 0 Å². The van der Waals surface area contributed by atoms with E-state index in [1.165, 1.54) is 5.56 Å². The summed E-state index contributed by atoms with van der Waals surface area (Å²) in [5.74, 6) is 1.00. The zero-order valence-electron chi connectivity index (χ0n) is 13.6. The number of phenols is 1. The van der Waals surface area contributed by atoms with Gasteiger partial charge in [-0.2, -0.15) is 0 Å². The Hall–Kier alpha value is -2.14. The lowest BCUT2D eigenvalue weighted by molar-refractivity contribution is 0.475. The van der Waals surface area contributed by atoms with Crippen LogP contribution in [0, 0.1) is 0 Å². The Labute approximate surface area is 165 Å². The third kappa shape index (κ3) is 3.54. The Balaban J connectivity index is 1.75. The first-order valence-corrected chi connectivity index (χ1v) is 9.69. The normalized spacial score (nSPS) is 11.2. The molecule has 0 amide bonds. The zero-order valence-corrected chi connectivity index (χ0v) is 15.9. The fourth-order valence-electron chi connectivity index (χ4n) is 2.71. The van der Waals surface area contributed by atoms with Crippen molar-refractivity contribution in [1.82, 2.24) is 9.55 Å². The van der Waals surface area contributed by atoms with Crippen molar-refractivity contribution in [2.24, 2.45) is 0 Å². The molecule has 6 heteroatoms. The lowest BCUT2D eigenvalue weighted by Gasteiger charge is -2.09. The van der Waals surface area contributed by atoms with Gasteiger partial charge in [0.25, 0.3) is 0 Å². The number of nitrogens with zero attached hydrogens (tertiary/aromatic N) is 2. The van der Waals surface area contributed by atoms with E-state index in [0.717, 1.165) is 32.7 Å². The van der Waals surface area contributed by atoms with E-state index in [1.807, 2.05) is 54.6 Å². The largest absolute Gasteiger partial charge is 0.508 e. The van der Waals surface area contributed by atoms with E-state index >= 15 is 0 Å². The molecule has 0 bridgehead atoms. The minimum atomic E-state index is 0.233. The number of rotatable bonds is 4. The van der Waals surface area contributed by atoms with Gasteiger partial charge in [0.2, 0.25) is 0 Å². The molecule has 0 radical (unpaired) electrons. The lowest BCUT2D eigenvalue weighted by Crippen LogP contribution is -1.96. The minimum absolute atomic E-state index is 0.233. The molecule has 4 rings (SSSR count). The molecule has 1 heterocycles. The smallest absolute Gasteiger partial charge is 0.174 e. The highest BCUT2D eigenvalue weighted by Gasteiger charge is 2.14. The van der Waals surface area contributed by atoms with Crippen LogP contribution in [0.2, 0.25) is 10.0 Å². The van der Waals surface area contributed by atoms with Crippen molar-refractivity contribution < 1.29 is 5.11 Å². The van der Waals surface area contributed by atoms with Crippen molar-refractivity contribution in [2.45, 2.75) is 10.9 Å². The monoisotopic (exact) mass is 400 g/mol. The highest BCUT2D eigenvalue weighted by Crippen LogP contribution is 2.32. The second-order valence-corrected chi connectivity index (χ2v) is 7.61. The van der Waals surface area contributed by atoms with Gasteiger partial charge in [-0.3, -0.25) is 4.57 Å². The number of imidazole rings is 1. The summed E-state index contributed by atoms with van der Waals surface area (Å²) in [6, 6.07) is 20.6. The van der Waals surface area contributed by atoms with E-state index in [-0.39, 0.29) is 5.75 Å². The molecule has 0 unspecified atom stereocenters. The molecule has 26 heavy (non-hydrogen) atoms. The van der Waals surface area contributed by atoms with E-state index in [4.69, 9.17) is 28.2 Å². The van der Waals surface area contributed by atoms with E-state index < -0.39 is 0 Å². The summed E-state index contributed by atoms with van der Waals surface area (Å²) in [5, 5.41) is 11.8. The van der Waals surface area contributed by atoms with Gasteiger partial charge in [-0.15, -0.1) is 0 Å². The van der Waals surface area contributed by atoms with Crippen molar-refractivity contribution >= 4 is 46.0 Å². The van der Waals surface area contributed by atoms with Gasteiger partial charge in [0.05, 0.1) is 11.0 Å². The number of hydrogen-bond donors (Lipinski definition) is 1. The van der Waals surface area contributed by atoms with Gasteiger partial charge in [-0.05, 0) is 60.2 Å². The number of thioether (sulfide) groups is 1. The standard InChI is InChI=1S/C20H14Cl2N2OS/c21-14-3-1-13(2-4-14)12-26-20-23-18-11-15(22)5-10-19(18)24(20)16-6-8-17(25)9-7-16/h1-11,25H,12H2. The van der Waals surface area contributed by atoms with Gasteiger partial charge in [0.15, 0.2) is 5.16 Å². The number of hydrogen-bond acceptors (Lipinski definition) is 3. The Morgan fingerprint density at radius 1 is 0.885 bits per heavy atom. The number of aromatic hydroxyl groups is 1. The summed E-state index contributed by atoms with van der Waals surface area (Å²) < 4.78 is 2.08. The molecule has 1 aromatic heterocycles. The molecule has 0 spiro atoms. The van der Waals surface area contributed by atoms with Crippen LogP contribution in [0.1, 0.15) is 5.56 Å². The Morgan fingerprint density at radius 3 is 2.31 bits per heavy atom. The molecule has 1 N–H and O–H groups in total. The number of fused-ring (bicyclic) bond motifs is 1. The van der Waals surface area contributed by atoms with Crippen molar-refractivity contribution in [3.8, 4) is 11.4 Å². The highest BCUT2D eigenvalue weighted by atomic mass is 35.5. The first-order valence-electron chi connectivity index (χ1n) is 7.95. The Bertz CT molecular complexity index is 1060. The minimum Gasteiger partial charge on any atom is -0.508 e. The third-order valence-corrected chi connectivity index (χ3v) is 5.47. The van der Waals surface area contributed by atoms with Crippen LogP contribution in [-0.2, 0) is 5.75 Å². The second-order valence-electron chi connectivity index (χ2n) is 5.79. The van der Waals surface area contributed by atoms with Crippen molar-refractivity contribution in [1.29, 1.82) is 0 Å². The molecule has 0 atom stereocenters. The van der Waals surface area contributed by atoms with Crippen molar-refractivity contribution in [3.05, 3.63) is 82.3 Å². The Morgan fingerprint density at radius 2 is 1.58 bits per heavy atom. The predicted molar refractivity (Wildman–Crippen MR) is 109 cm³/mol. The molecule has 0 fully saturated rings. The summed E-state index contributed by atoms with van der Waals surface area (Å²) in [7, 11) is 0. The molecular weight excluding hydrogens is 387 g/mol. The van der Waals surface area contributed by atoms with Crippen LogP contribution in [0.15, 0.2) is 71.9 Å². The second kappa shape index (κ2) is 7.23. The highest BCUT2D eigenvalue weighted by molar-refractivity contribution is 7.98. The fraction of sp³-hybridized carbons (Fsp3) is 0.0500. The summed E-state index contributed by atoms with van der Waals surface area (Å²) >= 11 is 13.7. The van der Waals surface area contributed by atoms with Crippen LogP contribution >= 0.6 is 35.0 Å². The summed E-state index contributed by atoms with van der Waals surface area (Å²) in [5.41, 5.74) is 3.91. The van der Waals surface area contributed by atoms with E-state index in [1.54, 1.807) is 23.9 Å². The van der Waals surface area contributed by atoms with E-state index in [2.05, 4.69) is 4.57 Å². The SMILES string of the molecule is Oc1ccc(-n2c(SCc3ccc(Cl)cc3)nc3cc(Cl)ccc32)cc1. The first-order chi connectivity index (χ1) is 12.6. The molecule has 0 saturated heterocycles. The molecule has 0 saturated carbocycles. The molecule has 0 aliphatic rings. The average Bonchev–Trinajstić information content (AvgIpc) is 2.99. The molecule has 3 nitrogen and oxygen atoms in total. The number of aromatic nitrogens is 2. The van der Waals surface area contributed by atoms with Gasteiger partial charge in [0.1, 0.15) is 5.75 Å². The van der Waals surface area contributed by atoms with Crippen LogP contribution in [-0.4, -0.2) is 14.7 Å². The maximum absolute atomic E-state index is 9.59. The van der Waals surface area contributed by atoms with Gasteiger partial charge >= 0.3 is 0 Å². The lowest BCUT2D eigenvalue weighted by atomic mass is 10.2. The first kappa shape index (κ1) is 17.3. The Kier molecular flexibility index (Phi) is 4.81. The molecule has 4 aromatic rings. The molecule has 130 valence electrons. The van der Waals surface area contributed by atoms with E-state index in [0.29, 0.717) is 5.02 Å². The van der Waals surface area contributed by atoms with Crippen LogP contribution in [0.4, 0.5) is 0 Å². The van der Waals surface area contributed by atoms with Gasteiger partial charge in [-0.1, -0.05) is 47.1 Å². The average molecular weight is 401 g/mol.